The Balaban J connectivity index is 0.00000264. The third-order valence-corrected chi connectivity index (χ3v) is 3.25. The van der Waals surface area contributed by atoms with Crippen LogP contribution in [0.1, 0.15) is 15.9 Å². The maximum Gasteiger partial charge on any atom is 0.253 e. The highest BCUT2D eigenvalue weighted by Crippen LogP contribution is 2.16. The summed E-state index contributed by atoms with van der Waals surface area (Å²) >= 11 is 0. The van der Waals surface area contributed by atoms with Gasteiger partial charge in [0.1, 0.15) is 0 Å². The van der Waals surface area contributed by atoms with Crippen molar-refractivity contribution in [2.75, 3.05) is 33.4 Å². The maximum atomic E-state index is 12.4. The Morgan fingerprint density at radius 2 is 2.04 bits per heavy atom. The number of carbonyl (C=O) groups is 1. The van der Waals surface area contributed by atoms with E-state index < -0.39 is 0 Å². The van der Waals surface area contributed by atoms with Crippen LogP contribution in [-0.4, -0.2) is 48.8 Å². The number of carbonyl (C=O) groups excluding carboxylic acids is 1. The molecule has 2 N–H and O–H groups in total. The lowest BCUT2D eigenvalue weighted by molar-refractivity contribution is 0.0953. The van der Waals surface area contributed by atoms with Gasteiger partial charge in [-0.25, -0.2) is 4.98 Å². The normalized spacial score (nSPS) is 9.75. The number of imidazole rings is 1. The number of hydrogen-bond donors (Lipinski definition) is 2. The van der Waals surface area contributed by atoms with Gasteiger partial charge < -0.3 is 19.9 Å². The summed E-state index contributed by atoms with van der Waals surface area (Å²) in [6.07, 6.45) is 5.21. The first-order chi connectivity index (χ1) is 10.7. The van der Waals surface area contributed by atoms with E-state index in [-0.39, 0.29) is 30.7 Å². The Labute approximate surface area is 154 Å². The summed E-state index contributed by atoms with van der Waals surface area (Å²) in [7, 11) is 1.67. The van der Waals surface area contributed by atoms with Gasteiger partial charge in [0.25, 0.3) is 5.91 Å². The van der Waals surface area contributed by atoms with Crippen LogP contribution in [0.3, 0.4) is 0 Å². The quantitative estimate of drug-likeness (QED) is 0.693. The molecular formula is C16H24Cl2N4O2. The SMILES string of the molecule is COCCNCCNC(=O)c1cc(C)ccc1-n1ccnc1.Cl.Cl. The molecule has 24 heavy (non-hydrogen) atoms. The Kier molecular flexibility index (Phi) is 11.1. The van der Waals surface area contributed by atoms with Crippen molar-refractivity contribution in [3.63, 3.8) is 0 Å². The smallest absolute Gasteiger partial charge is 0.253 e. The molecule has 1 aromatic carbocycles. The summed E-state index contributed by atoms with van der Waals surface area (Å²) in [5.74, 6) is -0.0825. The first-order valence-electron chi connectivity index (χ1n) is 7.29. The van der Waals surface area contributed by atoms with Crippen LogP contribution in [-0.2, 0) is 4.74 Å². The van der Waals surface area contributed by atoms with Gasteiger partial charge in [-0.2, -0.15) is 0 Å². The fraction of sp³-hybridized carbons (Fsp3) is 0.375. The molecule has 1 amide bonds. The lowest BCUT2D eigenvalue weighted by atomic mass is 10.1. The number of methoxy groups -OCH3 is 1. The van der Waals surface area contributed by atoms with Crippen molar-refractivity contribution in [2.45, 2.75) is 6.92 Å². The van der Waals surface area contributed by atoms with Gasteiger partial charge in [0.15, 0.2) is 0 Å². The molecule has 0 aliphatic heterocycles. The monoisotopic (exact) mass is 374 g/mol. The van der Waals surface area contributed by atoms with E-state index in [0.717, 1.165) is 17.8 Å². The molecule has 0 spiro atoms. The van der Waals surface area contributed by atoms with E-state index in [1.54, 1.807) is 19.6 Å². The van der Waals surface area contributed by atoms with Gasteiger partial charge in [0, 0.05) is 39.1 Å². The predicted molar refractivity (Wildman–Crippen MR) is 99.9 cm³/mol. The third kappa shape index (κ3) is 6.49. The molecule has 0 aliphatic rings. The van der Waals surface area contributed by atoms with Gasteiger partial charge in [0.2, 0.25) is 0 Å². The zero-order valence-corrected chi connectivity index (χ0v) is 15.5. The number of aryl methyl sites for hydroxylation is 1. The molecule has 0 unspecified atom stereocenters. The van der Waals surface area contributed by atoms with Crippen molar-refractivity contribution in [1.82, 2.24) is 20.2 Å². The van der Waals surface area contributed by atoms with Gasteiger partial charge in [-0.05, 0) is 19.1 Å². The molecule has 0 radical (unpaired) electrons. The second-order valence-electron chi connectivity index (χ2n) is 4.99. The Hall–Kier alpha value is -1.60. The van der Waals surface area contributed by atoms with E-state index in [1.165, 1.54) is 0 Å². The number of ether oxygens (including phenoxy) is 1. The minimum absolute atomic E-state index is 0. The average Bonchev–Trinajstić information content (AvgIpc) is 3.04. The predicted octanol–water partition coefficient (Wildman–Crippen LogP) is 1.99. The Morgan fingerprint density at radius 1 is 1.25 bits per heavy atom. The number of nitrogens with one attached hydrogen (secondary N) is 2. The number of rotatable bonds is 8. The summed E-state index contributed by atoms with van der Waals surface area (Å²) < 4.78 is 6.79. The molecule has 2 aromatic rings. The van der Waals surface area contributed by atoms with Crippen molar-refractivity contribution in [1.29, 1.82) is 0 Å². The van der Waals surface area contributed by atoms with Crippen molar-refractivity contribution in [3.8, 4) is 5.69 Å². The lowest BCUT2D eigenvalue weighted by Gasteiger charge is -2.12. The van der Waals surface area contributed by atoms with E-state index in [9.17, 15) is 4.79 Å². The first kappa shape index (κ1) is 22.4. The lowest BCUT2D eigenvalue weighted by Crippen LogP contribution is -2.33. The summed E-state index contributed by atoms with van der Waals surface area (Å²) in [6, 6.07) is 5.81. The van der Waals surface area contributed by atoms with Crippen LogP contribution in [0.2, 0.25) is 0 Å². The highest BCUT2D eigenvalue weighted by atomic mass is 35.5. The molecule has 1 heterocycles. The molecular weight excluding hydrogens is 351 g/mol. The number of amides is 1. The van der Waals surface area contributed by atoms with Crippen LogP contribution < -0.4 is 10.6 Å². The summed E-state index contributed by atoms with van der Waals surface area (Å²) in [5.41, 5.74) is 2.52. The van der Waals surface area contributed by atoms with Gasteiger partial charge in [-0.15, -0.1) is 24.8 Å². The molecule has 1 aromatic heterocycles. The molecule has 0 aliphatic carbocycles. The molecule has 0 bridgehead atoms. The van der Waals surface area contributed by atoms with Crippen molar-refractivity contribution in [2.24, 2.45) is 0 Å². The highest BCUT2D eigenvalue weighted by molar-refractivity contribution is 5.98. The van der Waals surface area contributed by atoms with Crippen molar-refractivity contribution in [3.05, 3.63) is 48.0 Å². The fourth-order valence-electron chi connectivity index (χ4n) is 2.12. The van der Waals surface area contributed by atoms with E-state index in [0.29, 0.717) is 25.3 Å². The van der Waals surface area contributed by atoms with Crippen LogP contribution in [0.15, 0.2) is 36.9 Å². The largest absolute Gasteiger partial charge is 0.383 e. The molecule has 0 fully saturated rings. The highest BCUT2D eigenvalue weighted by Gasteiger charge is 2.12. The van der Waals surface area contributed by atoms with Gasteiger partial charge >= 0.3 is 0 Å². The first-order valence-corrected chi connectivity index (χ1v) is 7.29. The minimum atomic E-state index is -0.0825. The molecule has 8 heteroatoms. The second kappa shape index (κ2) is 11.9. The van der Waals surface area contributed by atoms with Crippen LogP contribution >= 0.6 is 24.8 Å². The number of halogens is 2. The topological polar surface area (TPSA) is 68.2 Å². The summed E-state index contributed by atoms with van der Waals surface area (Å²) in [6.45, 7) is 4.69. The van der Waals surface area contributed by atoms with Crippen molar-refractivity contribution >= 4 is 30.7 Å². The number of benzene rings is 1. The van der Waals surface area contributed by atoms with Crippen LogP contribution in [0, 0.1) is 6.92 Å². The molecule has 2 rings (SSSR count). The minimum Gasteiger partial charge on any atom is -0.383 e. The van der Waals surface area contributed by atoms with Crippen LogP contribution in [0.5, 0.6) is 0 Å². The van der Waals surface area contributed by atoms with Gasteiger partial charge in [0.05, 0.1) is 24.2 Å². The van der Waals surface area contributed by atoms with Gasteiger partial charge in [-0.1, -0.05) is 11.6 Å². The summed E-state index contributed by atoms with van der Waals surface area (Å²) in [5, 5.41) is 6.12. The molecule has 6 nitrogen and oxygen atoms in total. The van der Waals surface area contributed by atoms with Crippen LogP contribution in [0.4, 0.5) is 0 Å². The molecule has 0 saturated heterocycles. The Morgan fingerprint density at radius 3 is 2.71 bits per heavy atom. The van der Waals surface area contributed by atoms with Crippen molar-refractivity contribution < 1.29 is 9.53 Å². The third-order valence-electron chi connectivity index (χ3n) is 3.25. The molecule has 134 valence electrons. The summed E-state index contributed by atoms with van der Waals surface area (Å²) in [4.78, 5) is 16.4. The zero-order valence-electron chi connectivity index (χ0n) is 13.8. The number of aromatic nitrogens is 2. The average molecular weight is 375 g/mol. The molecule has 0 saturated carbocycles. The standard InChI is InChI=1S/C16H22N4O2.2ClH/c1-13-3-4-15(20-9-7-18-12-20)14(11-13)16(21)19-6-5-17-8-10-22-2;;/h3-4,7,9,11-12,17H,5-6,8,10H2,1-2H3,(H,19,21);2*1H. The number of nitrogens with zero attached hydrogens (tertiary/aromatic N) is 2. The van der Waals surface area contributed by atoms with Crippen LogP contribution in [0.25, 0.3) is 5.69 Å². The zero-order chi connectivity index (χ0) is 15.8. The van der Waals surface area contributed by atoms with E-state index in [2.05, 4.69) is 15.6 Å². The number of hydrogen-bond acceptors (Lipinski definition) is 4. The second-order valence-corrected chi connectivity index (χ2v) is 4.99. The van der Waals surface area contributed by atoms with E-state index in [4.69, 9.17) is 4.74 Å². The Bertz CT molecular complexity index is 606. The molecule has 0 atom stereocenters. The maximum absolute atomic E-state index is 12.4. The fourth-order valence-corrected chi connectivity index (χ4v) is 2.12. The van der Waals surface area contributed by atoms with E-state index in [1.807, 2.05) is 35.9 Å². The van der Waals surface area contributed by atoms with Gasteiger partial charge in [-0.3, -0.25) is 4.79 Å². The van der Waals surface area contributed by atoms with E-state index >= 15 is 0 Å².